The quantitative estimate of drug-likeness (QED) is 0.931. The summed E-state index contributed by atoms with van der Waals surface area (Å²) in [7, 11) is 0. The highest BCUT2D eigenvalue weighted by molar-refractivity contribution is 5.96. The van der Waals surface area contributed by atoms with Crippen LogP contribution in [-0.2, 0) is 4.74 Å². The predicted molar refractivity (Wildman–Crippen MR) is 92.7 cm³/mol. The lowest BCUT2D eigenvalue weighted by molar-refractivity contribution is -0.0793. The van der Waals surface area contributed by atoms with Gasteiger partial charge in [0, 0.05) is 30.2 Å². The maximum absolute atomic E-state index is 13.0. The number of aromatic nitrogens is 2. The first-order valence-corrected chi connectivity index (χ1v) is 8.80. The summed E-state index contributed by atoms with van der Waals surface area (Å²) in [4.78, 5) is 22.5. The molecule has 2 fully saturated rings. The molecule has 1 amide bonds. The fraction of sp³-hybridized carbons (Fsp3) is 0.474. The lowest BCUT2D eigenvalue weighted by atomic mass is 10.1. The first-order chi connectivity index (χ1) is 12.1. The van der Waals surface area contributed by atoms with Gasteiger partial charge in [-0.3, -0.25) is 4.79 Å². The highest BCUT2D eigenvalue weighted by Gasteiger charge is 2.46. The number of rotatable bonds is 3. The van der Waals surface area contributed by atoms with Gasteiger partial charge < -0.3 is 19.4 Å². The van der Waals surface area contributed by atoms with Gasteiger partial charge in [0.2, 0.25) is 5.88 Å². The number of amides is 1. The van der Waals surface area contributed by atoms with E-state index in [1.807, 2.05) is 43.0 Å². The van der Waals surface area contributed by atoms with Crippen LogP contribution in [0.4, 0.5) is 0 Å². The molecule has 0 unspecified atom stereocenters. The zero-order valence-corrected chi connectivity index (χ0v) is 14.6. The number of hydrogen-bond acceptors (Lipinski definition) is 4. The summed E-state index contributed by atoms with van der Waals surface area (Å²) in [5.74, 6) is 0.691. The van der Waals surface area contributed by atoms with Gasteiger partial charge in [-0.25, -0.2) is 4.98 Å². The monoisotopic (exact) mass is 341 g/mol. The fourth-order valence-electron chi connectivity index (χ4n) is 3.97. The standard InChI is InChI=1S/C19H23N3O3/c1-12-11-14(13(2)21-12)19(23)22-9-10-24-18-15(22)6-7-16(18)25-17-5-3-4-8-20-17/h3-5,8,11,15-16,18,21H,6-7,9-10H2,1-2H3/t15-,16-,18+/m0/s1. The molecular weight excluding hydrogens is 318 g/mol. The predicted octanol–water partition coefficient (Wildman–Crippen LogP) is 2.48. The molecule has 4 rings (SSSR count). The number of ether oxygens (including phenoxy) is 2. The molecule has 25 heavy (non-hydrogen) atoms. The Bertz CT molecular complexity index is 759. The van der Waals surface area contributed by atoms with Crippen molar-refractivity contribution in [1.29, 1.82) is 0 Å². The second-order valence-corrected chi connectivity index (χ2v) is 6.79. The van der Waals surface area contributed by atoms with Crippen molar-refractivity contribution in [1.82, 2.24) is 14.9 Å². The van der Waals surface area contributed by atoms with Crippen molar-refractivity contribution in [3.63, 3.8) is 0 Å². The highest BCUT2D eigenvalue weighted by Crippen LogP contribution is 2.33. The van der Waals surface area contributed by atoms with Crippen molar-refractivity contribution in [3.05, 3.63) is 47.4 Å². The van der Waals surface area contributed by atoms with E-state index < -0.39 is 0 Å². The third-order valence-electron chi connectivity index (χ3n) is 5.09. The molecule has 2 aliphatic rings. The largest absolute Gasteiger partial charge is 0.471 e. The normalized spacial score (nSPS) is 25.7. The van der Waals surface area contributed by atoms with E-state index in [1.165, 1.54) is 0 Å². The molecule has 2 aromatic heterocycles. The van der Waals surface area contributed by atoms with E-state index in [4.69, 9.17) is 9.47 Å². The van der Waals surface area contributed by atoms with Gasteiger partial charge in [0.05, 0.1) is 18.2 Å². The number of morpholine rings is 1. The summed E-state index contributed by atoms with van der Waals surface area (Å²) >= 11 is 0. The first kappa shape index (κ1) is 16.1. The number of pyridine rings is 1. The number of H-pyrrole nitrogens is 1. The molecule has 1 aliphatic heterocycles. The van der Waals surface area contributed by atoms with Crippen LogP contribution in [0, 0.1) is 13.8 Å². The molecule has 0 bridgehead atoms. The van der Waals surface area contributed by atoms with E-state index in [1.54, 1.807) is 6.20 Å². The van der Waals surface area contributed by atoms with Crippen molar-refractivity contribution >= 4 is 5.91 Å². The van der Waals surface area contributed by atoms with E-state index in [0.29, 0.717) is 19.0 Å². The number of hydrogen-bond donors (Lipinski definition) is 1. The minimum absolute atomic E-state index is 0.0598. The average molecular weight is 341 g/mol. The fourth-order valence-corrected chi connectivity index (χ4v) is 3.97. The number of fused-ring (bicyclic) bond motifs is 1. The van der Waals surface area contributed by atoms with Crippen LogP contribution in [0.25, 0.3) is 0 Å². The van der Waals surface area contributed by atoms with E-state index in [2.05, 4.69) is 9.97 Å². The topological polar surface area (TPSA) is 67.5 Å². The lowest BCUT2D eigenvalue weighted by Gasteiger charge is -2.39. The maximum Gasteiger partial charge on any atom is 0.256 e. The van der Waals surface area contributed by atoms with Gasteiger partial charge in [-0.1, -0.05) is 6.07 Å². The maximum atomic E-state index is 13.0. The van der Waals surface area contributed by atoms with Gasteiger partial charge in [0.15, 0.2) is 0 Å². The zero-order chi connectivity index (χ0) is 17.4. The van der Waals surface area contributed by atoms with Gasteiger partial charge in [-0.05, 0) is 38.8 Å². The van der Waals surface area contributed by atoms with Gasteiger partial charge in [0.1, 0.15) is 12.2 Å². The molecule has 6 heteroatoms. The summed E-state index contributed by atoms with van der Waals surface area (Å²) in [6.07, 6.45) is 3.30. The van der Waals surface area contributed by atoms with Gasteiger partial charge in [-0.2, -0.15) is 0 Å². The number of nitrogens with zero attached hydrogens (tertiary/aromatic N) is 2. The van der Waals surface area contributed by atoms with Crippen LogP contribution in [0.5, 0.6) is 5.88 Å². The average Bonchev–Trinajstić information content (AvgIpc) is 3.18. The summed E-state index contributed by atoms with van der Waals surface area (Å²) in [6.45, 7) is 5.08. The molecule has 6 nitrogen and oxygen atoms in total. The van der Waals surface area contributed by atoms with Crippen molar-refractivity contribution < 1.29 is 14.3 Å². The summed E-state index contributed by atoms with van der Waals surface area (Å²) < 4.78 is 12.0. The Labute approximate surface area is 147 Å². The van der Waals surface area contributed by atoms with Gasteiger partial charge in [-0.15, -0.1) is 0 Å². The van der Waals surface area contributed by atoms with E-state index in [0.717, 1.165) is 29.8 Å². The molecule has 0 aromatic carbocycles. The zero-order valence-electron chi connectivity index (χ0n) is 14.6. The van der Waals surface area contributed by atoms with Gasteiger partial charge in [0.25, 0.3) is 5.91 Å². The molecule has 3 heterocycles. The SMILES string of the molecule is Cc1cc(C(=O)N2CCO[C@H]3[C@@H](Oc4ccccn4)CC[C@@H]32)c(C)[nH]1. The number of nitrogens with one attached hydrogen (secondary N) is 1. The molecule has 3 atom stereocenters. The molecule has 2 aromatic rings. The molecule has 1 N–H and O–H groups in total. The van der Waals surface area contributed by atoms with Crippen LogP contribution >= 0.6 is 0 Å². The van der Waals surface area contributed by atoms with E-state index >= 15 is 0 Å². The third kappa shape index (κ3) is 3.02. The van der Waals surface area contributed by atoms with Crippen molar-refractivity contribution in [2.75, 3.05) is 13.2 Å². The second kappa shape index (κ2) is 6.52. The third-order valence-corrected chi connectivity index (χ3v) is 5.09. The first-order valence-electron chi connectivity index (χ1n) is 8.80. The second-order valence-electron chi connectivity index (χ2n) is 6.79. The van der Waals surface area contributed by atoms with Crippen LogP contribution in [-0.4, -0.2) is 52.2 Å². The van der Waals surface area contributed by atoms with Crippen molar-refractivity contribution in [2.24, 2.45) is 0 Å². The molecule has 0 spiro atoms. The smallest absolute Gasteiger partial charge is 0.256 e. The Morgan fingerprint density at radius 3 is 2.96 bits per heavy atom. The number of aryl methyl sites for hydroxylation is 2. The summed E-state index contributed by atoms with van der Waals surface area (Å²) in [6, 6.07) is 7.61. The van der Waals surface area contributed by atoms with Crippen LogP contribution in [0.15, 0.2) is 30.5 Å². The van der Waals surface area contributed by atoms with Gasteiger partial charge >= 0.3 is 0 Å². The molecule has 1 saturated carbocycles. The Morgan fingerprint density at radius 2 is 2.24 bits per heavy atom. The summed E-state index contributed by atoms with van der Waals surface area (Å²) in [5.41, 5.74) is 2.69. The molecular formula is C19H23N3O3. The molecule has 1 aliphatic carbocycles. The van der Waals surface area contributed by atoms with E-state index in [9.17, 15) is 4.79 Å². The Hall–Kier alpha value is -2.34. The van der Waals surface area contributed by atoms with Crippen molar-refractivity contribution in [2.45, 2.75) is 44.9 Å². The minimum Gasteiger partial charge on any atom is -0.471 e. The lowest BCUT2D eigenvalue weighted by Crippen LogP contribution is -2.54. The number of aromatic amines is 1. The van der Waals surface area contributed by atoms with Crippen LogP contribution in [0.2, 0.25) is 0 Å². The highest BCUT2D eigenvalue weighted by atomic mass is 16.5. The molecule has 0 radical (unpaired) electrons. The minimum atomic E-state index is -0.0972. The Morgan fingerprint density at radius 1 is 1.36 bits per heavy atom. The number of carbonyl (C=O) groups excluding carboxylic acids is 1. The molecule has 132 valence electrons. The van der Waals surface area contributed by atoms with Crippen LogP contribution in [0.3, 0.4) is 0 Å². The molecule has 1 saturated heterocycles. The van der Waals surface area contributed by atoms with E-state index in [-0.39, 0.29) is 24.2 Å². The van der Waals surface area contributed by atoms with Crippen LogP contribution < -0.4 is 4.74 Å². The van der Waals surface area contributed by atoms with Crippen molar-refractivity contribution in [3.8, 4) is 5.88 Å². The Kier molecular flexibility index (Phi) is 4.21. The number of carbonyl (C=O) groups is 1. The summed E-state index contributed by atoms with van der Waals surface area (Å²) in [5, 5.41) is 0. The van der Waals surface area contributed by atoms with Crippen LogP contribution in [0.1, 0.15) is 34.6 Å². The Balaban J connectivity index is 1.51.